The van der Waals surface area contributed by atoms with Gasteiger partial charge in [0, 0.05) is 22.2 Å². The van der Waals surface area contributed by atoms with Crippen LogP contribution in [-0.2, 0) is 0 Å². The second kappa shape index (κ2) is 4.91. The minimum atomic E-state index is -0.0265. The van der Waals surface area contributed by atoms with Gasteiger partial charge in [-0.15, -0.1) is 11.8 Å². The summed E-state index contributed by atoms with van der Waals surface area (Å²) in [7, 11) is 0. The van der Waals surface area contributed by atoms with Crippen molar-refractivity contribution in [3.63, 3.8) is 0 Å². The molecule has 0 amide bonds. The number of fused-ring (bicyclic) bond motifs is 1. The van der Waals surface area contributed by atoms with Crippen LogP contribution in [-0.4, -0.2) is 28.0 Å². The highest BCUT2D eigenvalue weighted by atomic mass is 32.2. The van der Waals surface area contributed by atoms with Crippen LogP contribution >= 0.6 is 11.8 Å². The fraction of sp³-hybridized carbons (Fsp3) is 0.333. The third kappa shape index (κ3) is 2.40. The Morgan fingerprint density at radius 2 is 2.19 bits per heavy atom. The summed E-state index contributed by atoms with van der Waals surface area (Å²) in [5.74, 6) is 0. The van der Waals surface area contributed by atoms with Crippen LogP contribution in [0.25, 0.3) is 10.9 Å². The molecule has 4 N–H and O–H groups in total. The Bertz CT molecular complexity index is 434. The number of para-hydroxylation sites is 1. The fourth-order valence-corrected chi connectivity index (χ4v) is 2.56. The number of nitrogens with one attached hydrogen (secondary N) is 1. The summed E-state index contributed by atoms with van der Waals surface area (Å²) in [6.07, 6.45) is 0. The minimum Gasteiger partial charge on any atom is -0.395 e. The summed E-state index contributed by atoms with van der Waals surface area (Å²) < 4.78 is 0. The second-order valence-corrected chi connectivity index (χ2v) is 5.20. The van der Waals surface area contributed by atoms with Crippen molar-refractivity contribution in [2.24, 2.45) is 5.73 Å². The molecule has 4 heteroatoms. The zero-order valence-corrected chi connectivity index (χ0v) is 10.00. The predicted molar refractivity (Wildman–Crippen MR) is 68.7 cm³/mol. The van der Waals surface area contributed by atoms with Gasteiger partial charge in [0.25, 0.3) is 0 Å². The number of benzene rings is 1. The lowest BCUT2D eigenvalue weighted by Crippen LogP contribution is -2.31. The van der Waals surface area contributed by atoms with Gasteiger partial charge in [-0.1, -0.05) is 18.2 Å². The van der Waals surface area contributed by atoms with Crippen LogP contribution in [0.3, 0.4) is 0 Å². The number of thioether (sulfide) groups is 1. The number of aliphatic hydroxyl groups is 1. The van der Waals surface area contributed by atoms with Crippen molar-refractivity contribution in [2.45, 2.75) is 23.2 Å². The van der Waals surface area contributed by atoms with Crippen molar-refractivity contribution in [2.75, 3.05) is 6.61 Å². The number of aromatic nitrogens is 1. The Morgan fingerprint density at radius 1 is 1.44 bits per heavy atom. The maximum Gasteiger partial charge on any atom is 0.0736 e. The van der Waals surface area contributed by atoms with Crippen LogP contribution in [0.4, 0.5) is 0 Å². The van der Waals surface area contributed by atoms with E-state index in [9.17, 15) is 5.11 Å². The normalized spacial score (nSPS) is 15.2. The topological polar surface area (TPSA) is 62.0 Å². The van der Waals surface area contributed by atoms with Gasteiger partial charge in [0.1, 0.15) is 0 Å². The molecule has 16 heavy (non-hydrogen) atoms. The van der Waals surface area contributed by atoms with Crippen LogP contribution < -0.4 is 5.73 Å². The number of aromatic amines is 1. The van der Waals surface area contributed by atoms with Crippen molar-refractivity contribution >= 4 is 22.7 Å². The lowest BCUT2D eigenvalue weighted by atomic mass is 10.3. The predicted octanol–water partition coefficient (Wildman–Crippen LogP) is 1.97. The zero-order chi connectivity index (χ0) is 11.5. The van der Waals surface area contributed by atoms with Crippen LogP contribution in [0.15, 0.2) is 35.4 Å². The third-order valence-corrected chi connectivity index (χ3v) is 3.90. The lowest BCUT2D eigenvalue weighted by Gasteiger charge is -2.16. The number of hydrogen-bond donors (Lipinski definition) is 3. The van der Waals surface area contributed by atoms with Crippen LogP contribution in [0.1, 0.15) is 6.92 Å². The molecule has 1 aromatic carbocycles. The van der Waals surface area contributed by atoms with Crippen LogP contribution in [0.2, 0.25) is 0 Å². The Morgan fingerprint density at radius 3 is 2.81 bits per heavy atom. The van der Waals surface area contributed by atoms with E-state index in [1.807, 2.05) is 25.1 Å². The van der Waals surface area contributed by atoms with E-state index in [0.717, 1.165) is 10.5 Å². The van der Waals surface area contributed by atoms with Gasteiger partial charge in [0.15, 0.2) is 0 Å². The molecule has 2 unspecified atom stereocenters. The molecule has 0 saturated heterocycles. The standard InChI is InChI=1S/C12H16N2OS/c1-8(13)11(7-15)16-12-6-9-4-2-3-5-10(9)14-12/h2-6,8,11,14-15H,7,13H2,1H3. The van der Waals surface area contributed by atoms with E-state index in [2.05, 4.69) is 17.1 Å². The first-order valence-corrected chi connectivity index (χ1v) is 6.19. The average Bonchev–Trinajstić information content (AvgIpc) is 2.67. The van der Waals surface area contributed by atoms with Gasteiger partial charge < -0.3 is 15.8 Å². The van der Waals surface area contributed by atoms with Crippen molar-refractivity contribution in [1.82, 2.24) is 4.98 Å². The van der Waals surface area contributed by atoms with Crippen LogP contribution in [0, 0.1) is 0 Å². The Hall–Kier alpha value is -0.970. The molecule has 0 bridgehead atoms. The fourth-order valence-electron chi connectivity index (χ4n) is 1.58. The first-order chi connectivity index (χ1) is 7.70. The highest BCUT2D eigenvalue weighted by molar-refractivity contribution is 8.00. The van der Waals surface area contributed by atoms with Crippen molar-refractivity contribution in [3.05, 3.63) is 30.3 Å². The molecule has 0 radical (unpaired) electrons. The van der Waals surface area contributed by atoms with Gasteiger partial charge in [-0.3, -0.25) is 0 Å². The van der Waals surface area contributed by atoms with E-state index < -0.39 is 0 Å². The average molecular weight is 236 g/mol. The van der Waals surface area contributed by atoms with E-state index in [0.29, 0.717) is 0 Å². The first-order valence-electron chi connectivity index (χ1n) is 5.31. The summed E-state index contributed by atoms with van der Waals surface area (Å²) in [6, 6.07) is 10.2. The van der Waals surface area contributed by atoms with E-state index in [1.165, 1.54) is 5.39 Å². The summed E-state index contributed by atoms with van der Waals surface area (Å²) in [5.41, 5.74) is 6.91. The Kier molecular flexibility index (Phi) is 3.53. The molecule has 2 rings (SSSR count). The molecule has 0 aliphatic rings. The minimum absolute atomic E-state index is 0.0265. The summed E-state index contributed by atoms with van der Waals surface area (Å²) in [6.45, 7) is 2.01. The van der Waals surface area contributed by atoms with E-state index in [-0.39, 0.29) is 17.9 Å². The smallest absolute Gasteiger partial charge is 0.0736 e. The molecule has 2 atom stereocenters. The van der Waals surface area contributed by atoms with Gasteiger partial charge in [0.05, 0.1) is 11.6 Å². The number of aliphatic hydroxyl groups excluding tert-OH is 1. The monoisotopic (exact) mass is 236 g/mol. The van der Waals surface area contributed by atoms with E-state index >= 15 is 0 Å². The molecule has 0 saturated carbocycles. The molecule has 0 fully saturated rings. The highest BCUT2D eigenvalue weighted by Crippen LogP contribution is 2.27. The molecule has 0 spiro atoms. The largest absolute Gasteiger partial charge is 0.395 e. The molecule has 1 aromatic heterocycles. The maximum atomic E-state index is 9.22. The quantitative estimate of drug-likeness (QED) is 0.711. The van der Waals surface area contributed by atoms with E-state index in [4.69, 9.17) is 5.73 Å². The van der Waals surface area contributed by atoms with E-state index in [1.54, 1.807) is 11.8 Å². The number of nitrogens with two attached hydrogens (primary N) is 1. The van der Waals surface area contributed by atoms with Crippen molar-refractivity contribution in [3.8, 4) is 0 Å². The van der Waals surface area contributed by atoms with Gasteiger partial charge in [-0.05, 0) is 19.1 Å². The highest BCUT2D eigenvalue weighted by Gasteiger charge is 2.15. The third-order valence-electron chi connectivity index (χ3n) is 2.55. The molecular formula is C12H16N2OS. The van der Waals surface area contributed by atoms with Crippen molar-refractivity contribution in [1.29, 1.82) is 0 Å². The molecule has 2 aromatic rings. The van der Waals surface area contributed by atoms with Gasteiger partial charge in [0.2, 0.25) is 0 Å². The molecule has 86 valence electrons. The summed E-state index contributed by atoms with van der Waals surface area (Å²) in [4.78, 5) is 3.31. The first kappa shape index (κ1) is 11.5. The van der Waals surface area contributed by atoms with Gasteiger partial charge in [-0.2, -0.15) is 0 Å². The SMILES string of the molecule is CC(N)C(CO)Sc1cc2ccccc2[nH]1. The van der Waals surface area contributed by atoms with Gasteiger partial charge in [-0.25, -0.2) is 0 Å². The molecule has 1 heterocycles. The molecular weight excluding hydrogens is 220 g/mol. The molecule has 0 aliphatic heterocycles. The summed E-state index contributed by atoms with van der Waals surface area (Å²) in [5, 5.41) is 11.5. The summed E-state index contributed by atoms with van der Waals surface area (Å²) >= 11 is 1.59. The Balaban J connectivity index is 2.20. The number of H-pyrrole nitrogens is 1. The Labute approximate surface area is 99.0 Å². The molecule has 3 nitrogen and oxygen atoms in total. The maximum absolute atomic E-state index is 9.22. The lowest BCUT2D eigenvalue weighted by molar-refractivity contribution is 0.285. The number of rotatable bonds is 4. The van der Waals surface area contributed by atoms with Crippen LogP contribution in [0.5, 0.6) is 0 Å². The van der Waals surface area contributed by atoms with Gasteiger partial charge >= 0.3 is 0 Å². The number of hydrogen-bond acceptors (Lipinski definition) is 3. The zero-order valence-electron chi connectivity index (χ0n) is 9.18. The molecule has 0 aliphatic carbocycles. The van der Waals surface area contributed by atoms with Crippen molar-refractivity contribution < 1.29 is 5.11 Å². The second-order valence-electron chi connectivity index (χ2n) is 3.92.